The van der Waals surface area contributed by atoms with Crippen molar-refractivity contribution in [3.63, 3.8) is 0 Å². The summed E-state index contributed by atoms with van der Waals surface area (Å²) in [7, 11) is -3.89. The summed E-state index contributed by atoms with van der Waals surface area (Å²) >= 11 is 0. The molecule has 0 heterocycles. The normalized spacial score (nSPS) is 15.7. The molecule has 7 heteroatoms. The van der Waals surface area contributed by atoms with E-state index >= 15 is 0 Å². The van der Waals surface area contributed by atoms with Crippen molar-refractivity contribution in [2.24, 2.45) is 5.14 Å². The second-order valence-corrected chi connectivity index (χ2v) is 7.40. The molecule has 0 aliphatic heterocycles. The van der Waals surface area contributed by atoms with Gasteiger partial charge in [0.1, 0.15) is 4.90 Å². The number of anilines is 1. The fourth-order valence-electron chi connectivity index (χ4n) is 2.72. The molecule has 128 valence electrons. The Morgan fingerprint density at radius 2 is 2.04 bits per heavy atom. The van der Waals surface area contributed by atoms with E-state index < -0.39 is 10.0 Å². The third-order valence-corrected chi connectivity index (χ3v) is 4.94. The number of nitrogens with one attached hydrogen (secondary N) is 1. The number of ether oxygens (including phenoxy) is 1. The molecule has 0 spiro atoms. The zero-order valence-corrected chi connectivity index (χ0v) is 14.2. The standard InChI is InChI=1S/C16H24N2O4S/c1-12(19)13-7-8-15(16(11-13)23(17,20)21)18-9-4-10-22-14-5-2-3-6-14/h7-8,11,14,18H,2-6,9-10H2,1H3,(H2,17,20,21). The topological polar surface area (TPSA) is 98.5 Å². The van der Waals surface area contributed by atoms with E-state index in [0.717, 1.165) is 19.3 Å². The SMILES string of the molecule is CC(=O)c1ccc(NCCCOC2CCCC2)c(S(N)(=O)=O)c1. The number of Topliss-reactive ketones (excluding diaryl/α,β-unsaturated/α-hetero) is 1. The van der Waals surface area contributed by atoms with Gasteiger partial charge in [-0.05, 0) is 44.4 Å². The van der Waals surface area contributed by atoms with Crippen LogP contribution >= 0.6 is 0 Å². The van der Waals surface area contributed by atoms with Gasteiger partial charge in [0.15, 0.2) is 5.78 Å². The third kappa shape index (κ3) is 5.30. The Morgan fingerprint density at radius 3 is 2.65 bits per heavy atom. The molecule has 1 aliphatic carbocycles. The number of carbonyl (C=O) groups is 1. The van der Waals surface area contributed by atoms with Crippen molar-refractivity contribution in [3.05, 3.63) is 23.8 Å². The number of ketones is 1. The van der Waals surface area contributed by atoms with Crippen molar-refractivity contribution in [3.8, 4) is 0 Å². The van der Waals surface area contributed by atoms with Crippen LogP contribution in [0.5, 0.6) is 0 Å². The minimum absolute atomic E-state index is 0.0538. The molecule has 0 saturated heterocycles. The second-order valence-electron chi connectivity index (χ2n) is 5.87. The third-order valence-electron chi connectivity index (χ3n) is 3.99. The molecule has 0 unspecified atom stereocenters. The van der Waals surface area contributed by atoms with E-state index in [0.29, 0.717) is 30.5 Å². The van der Waals surface area contributed by atoms with Crippen LogP contribution in [0.25, 0.3) is 0 Å². The van der Waals surface area contributed by atoms with Crippen LogP contribution < -0.4 is 10.5 Å². The monoisotopic (exact) mass is 340 g/mol. The van der Waals surface area contributed by atoms with Crippen LogP contribution in [0.2, 0.25) is 0 Å². The quantitative estimate of drug-likeness (QED) is 0.559. The van der Waals surface area contributed by atoms with E-state index in [2.05, 4.69) is 5.32 Å². The van der Waals surface area contributed by atoms with Crippen LogP contribution in [-0.2, 0) is 14.8 Å². The lowest BCUT2D eigenvalue weighted by Crippen LogP contribution is -2.17. The lowest BCUT2D eigenvalue weighted by atomic mass is 10.1. The van der Waals surface area contributed by atoms with Gasteiger partial charge in [-0.25, -0.2) is 13.6 Å². The molecule has 1 aromatic rings. The van der Waals surface area contributed by atoms with Gasteiger partial charge in [-0.15, -0.1) is 0 Å². The average molecular weight is 340 g/mol. The Balaban J connectivity index is 1.92. The Hall–Kier alpha value is -1.44. The molecule has 1 fully saturated rings. The molecule has 0 radical (unpaired) electrons. The summed E-state index contributed by atoms with van der Waals surface area (Å²) in [5, 5.41) is 8.30. The molecular weight excluding hydrogens is 316 g/mol. The van der Waals surface area contributed by atoms with Gasteiger partial charge in [0, 0.05) is 18.7 Å². The van der Waals surface area contributed by atoms with Gasteiger partial charge in [0.25, 0.3) is 0 Å². The smallest absolute Gasteiger partial charge is 0.240 e. The van der Waals surface area contributed by atoms with Crippen LogP contribution in [-0.4, -0.2) is 33.5 Å². The number of rotatable bonds is 8. The van der Waals surface area contributed by atoms with Crippen LogP contribution in [0.3, 0.4) is 0 Å². The summed E-state index contributed by atoms with van der Waals surface area (Å²) in [6, 6.07) is 4.48. The molecule has 1 aromatic carbocycles. The first-order valence-corrected chi connectivity index (χ1v) is 9.46. The molecular formula is C16H24N2O4S. The maximum atomic E-state index is 11.7. The van der Waals surface area contributed by atoms with E-state index in [1.54, 1.807) is 12.1 Å². The van der Waals surface area contributed by atoms with Crippen molar-refractivity contribution in [1.29, 1.82) is 0 Å². The van der Waals surface area contributed by atoms with E-state index in [4.69, 9.17) is 9.88 Å². The van der Waals surface area contributed by atoms with Crippen LogP contribution in [0.15, 0.2) is 23.1 Å². The molecule has 6 nitrogen and oxygen atoms in total. The van der Waals surface area contributed by atoms with Crippen molar-refractivity contribution < 1.29 is 17.9 Å². The largest absolute Gasteiger partial charge is 0.384 e. The average Bonchev–Trinajstić information content (AvgIpc) is 2.99. The van der Waals surface area contributed by atoms with Crippen LogP contribution in [0.1, 0.15) is 49.4 Å². The lowest BCUT2D eigenvalue weighted by molar-refractivity contribution is 0.0583. The molecule has 1 aliphatic rings. The van der Waals surface area contributed by atoms with Gasteiger partial charge < -0.3 is 10.1 Å². The zero-order chi connectivity index (χ0) is 16.9. The Morgan fingerprint density at radius 1 is 1.35 bits per heavy atom. The van der Waals surface area contributed by atoms with E-state index in [9.17, 15) is 13.2 Å². The number of benzene rings is 1. The molecule has 0 bridgehead atoms. The Bertz CT molecular complexity index is 652. The maximum absolute atomic E-state index is 11.7. The second kappa shape index (κ2) is 7.90. The molecule has 0 amide bonds. The van der Waals surface area contributed by atoms with Gasteiger partial charge in [0.2, 0.25) is 10.0 Å². The van der Waals surface area contributed by atoms with Crippen LogP contribution in [0, 0.1) is 0 Å². The number of carbonyl (C=O) groups excluding carboxylic acids is 1. The summed E-state index contributed by atoms with van der Waals surface area (Å²) < 4.78 is 29.1. The number of nitrogens with two attached hydrogens (primary N) is 1. The minimum Gasteiger partial charge on any atom is -0.384 e. The zero-order valence-electron chi connectivity index (χ0n) is 13.4. The first kappa shape index (κ1) is 17.9. The Labute approximate surface area is 137 Å². The fourth-order valence-corrected chi connectivity index (χ4v) is 3.46. The molecule has 3 N–H and O–H groups in total. The lowest BCUT2D eigenvalue weighted by Gasteiger charge is -2.13. The number of hydrogen-bond acceptors (Lipinski definition) is 5. The first-order valence-electron chi connectivity index (χ1n) is 7.91. The first-order chi connectivity index (χ1) is 10.9. The maximum Gasteiger partial charge on any atom is 0.240 e. The van der Waals surface area contributed by atoms with E-state index in [1.165, 1.54) is 25.8 Å². The van der Waals surface area contributed by atoms with Gasteiger partial charge in [0.05, 0.1) is 11.8 Å². The van der Waals surface area contributed by atoms with E-state index in [1.807, 2.05) is 0 Å². The molecule has 0 atom stereocenters. The highest BCUT2D eigenvalue weighted by Crippen LogP contribution is 2.23. The Kier molecular flexibility index (Phi) is 6.15. The highest BCUT2D eigenvalue weighted by atomic mass is 32.2. The summed E-state index contributed by atoms with van der Waals surface area (Å²) in [6.07, 6.45) is 5.90. The van der Waals surface area contributed by atoms with Gasteiger partial charge >= 0.3 is 0 Å². The van der Waals surface area contributed by atoms with Crippen molar-refractivity contribution >= 4 is 21.5 Å². The van der Waals surface area contributed by atoms with Gasteiger partial charge in [-0.3, -0.25) is 4.79 Å². The fraction of sp³-hybridized carbons (Fsp3) is 0.562. The van der Waals surface area contributed by atoms with Gasteiger partial charge in [-0.1, -0.05) is 12.8 Å². The van der Waals surface area contributed by atoms with Gasteiger partial charge in [-0.2, -0.15) is 0 Å². The summed E-state index contributed by atoms with van der Waals surface area (Å²) in [6.45, 7) is 2.61. The van der Waals surface area contributed by atoms with Crippen molar-refractivity contribution in [2.75, 3.05) is 18.5 Å². The molecule has 0 aromatic heterocycles. The predicted molar refractivity (Wildman–Crippen MR) is 89.1 cm³/mol. The van der Waals surface area contributed by atoms with Crippen molar-refractivity contribution in [2.45, 2.75) is 50.0 Å². The molecule has 1 saturated carbocycles. The minimum atomic E-state index is -3.89. The van der Waals surface area contributed by atoms with E-state index in [-0.39, 0.29) is 10.7 Å². The molecule has 2 rings (SSSR count). The number of primary sulfonamides is 1. The summed E-state index contributed by atoms with van der Waals surface area (Å²) in [4.78, 5) is 11.3. The summed E-state index contributed by atoms with van der Waals surface area (Å²) in [5.74, 6) is -0.202. The predicted octanol–water partition coefficient (Wildman–Crippen LogP) is 2.30. The molecule has 23 heavy (non-hydrogen) atoms. The highest BCUT2D eigenvalue weighted by molar-refractivity contribution is 7.89. The number of hydrogen-bond donors (Lipinski definition) is 2. The summed E-state index contributed by atoms with van der Waals surface area (Å²) in [5.41, 5.74) is 0.738. The van der Waals surface area contributed by atoms with Crippen LogP contribution in [0.4, 0.5) is 5.69 Å². The van der Waals surface area contributed by atoms with Crippen molar-refractivity contribution in [1.82, 2.24) is 0 Å². The number of sulfonamides is 1. The highest BCUT2D eigenvalue weighted by Gasteiger charge is 2.17.